The van der Waals surface area contributed by atoms with E-state index in [-0.39, 0.29) is 12.6 Å². The third-order valence-corrected chi connectivity index (χ3v) is 3.84. The molecule has 7 heteroatoms. The van der Waals surface area contributed by atoms with Crippen LogP contribution in [0.4, 0.5) is 0 Å². The first-order valence-electron chi connectivity index (χ1n) is 6.63. The molecule has 0 aliphatic carbocycles. The second-order valence-corrected chi connectivity index (χ2v) is 5.66. The SMILES string of the molecule is CC(=O)OCc1cc(-c2cnc(C)nc2)cc2c(Br)[nH]nc12. The summed E-state index contributed by atoms with van der Waals surface area (Å²) in [6.45, 7) is 3.39. The number of carbonyl (C=O) groups excluding carboxylic acids is 1. The summed E-state index contributed by atoms with van der Waals surface area (Å²) < 4.78 is 5.90. The number of rotatable bonds is 3. The zero-order chi connectivity index (χ0) is 15.7. The molecule has 0 bridgehead atoms. The quantitative estimate of drug-likeness (QED) is 0.725. The van der Waals surface area contributed by atoms with Gasteiger partial charge in [0.25, 0.3) is 0 Å². The number of halogens is 1. The highest BCUT2D eigenvalue weighted by molar-refractivity contribution is 9.10. The molecule has 3 rings (SSSR count). The molecule has 112 valence electrons. The molecule has 0 atom stereocenters. The van der Waals surface area contributed by atoms with Crippen molar-refractivity contribution in [2.75, 3.05) is 0 Å². The van der Waals surface area contributed by atoms with Gasteiger partial charge < -0.3 is 4.74 Å². The number of nitrogens with one attached hydrogen (secondary N) is 1. The maximum absolute atomic E-state index is 11.1. The van der Waals surface area contributed by atoms with Crippen molar-refractivity contribution >= 4 is 32.8 Å². The summed E-state index contributed by atoms with van der Waals surface area (Å²) in [5, 5.41) is 8.05. The highest BCUT2D eigenvalue weighted by Gasteiger charge is 2.12. The van der Waals surface area contributed by atoms with Gasteiger partial charge in [0.05, 0.1) is 5.52 Å². The van der Waals surface area contributed by atoms with Gasteiger partial charge in [0.2, 0.25) is 0 Å². The molecule has 0 aliphatic heterocycles. The number of fused-ring (bicyclic) bond motifs is 1. The lowest BCUT2D eigenvalue weighted by Gasteiger charge is -2.07. The molecule has 6 nitrogen and oxygen atoms in total. The molecule has 0 unspecified atom stereocenters. The molecule has 0 spiro atoms. The van der Waals surface area contributed by atoms with Crippen molar-refractivity contribution in [1.29, 1.82) is 0 Å². The number of H-pyrrole nitrogens is 1. The molecule has 0 saturated heterocycles. The van der Waals surface area contributed by atoms with Crippen LogP contribution < -0.4 is 0 Å². The van der Waals surface area contributed by atoms with E-state index in [1.54, 1.807) is 12.4 Å². The van der Waals surface area contributed by atoms with Gasteiger partial charge in [0.1, 0.15) is 17.0 Å². The second kappa shape index (κ2) is 5.84. The Labute approximate surface area is 135 Å². The van der Waals surface area contributed by atoms with Crippen LogP contribution in [-0.4, -0.2) is 26.1 Å². The van der Waals surface area contributed by atoms with E-state index in [4.69, 9.17) is 4.74 Å². The van der Waals surface area contributed by atoms with Gasteiger partial charge in [-0.3, -0.25) is 9.89 Å². The third-order valence-electron chi connectivity index (χ3n) is 3.24. The van der Waals surface area contributed by atoms with E-state index >= 15 is 0 Å². The van der Waals surface area contributed by atoms with Crippen LogP contribution in [0.5, 0.6) is 0 Å². The molecular formula is C15H13BrN4O2. The van der Waals surface area contributed by atoms with Crippen LogP contribution in [0.25, 0.3) is 22.0 Å². The van der Waals surface area contributed by atoms with Gasteiger partial charge in [0, 0.05) is 35.8 Å². The molecule has 2 heterocycles. The van der Waals surface area contributed by atoms with Gasteiger partial charge >= 0.3 is 5.97 Å². The Balaban J connectivity index is 2.12. The van der Waals surface area contributed by atoms with Gasteiger partial charge in [0.15, 0.2) is 0 Å². The lowest BCUT2D eigenvalue weighted by atomic mass is 10.0. The number of aryl methyl sites for hydroxylation is 1. The van der Waals surface area contributed by atoms with Crippen molar-refractivity contribution in [3.63, 3.8) is 0 Å². The van der Waals surface area contributed by atoms with Gasteiger partial charge in [-0.1, -0.05) is 0 Å². The Morgan fingerprint density at radius 1 is 1.27 bits per heavy atom. The Bertz CT molecular complexity index is 843. The number of hydrogen-bond acceptors (Lipinski definition) is 5. The van der Waals surface area contributed by atoms with Gasteiger partial charge in [-0.05, 0) is 40.5 Å². The smallest absolute Gasteiger partial charge is 0.302 e. The van der Waals surface area contributed by atoms with Crippen molar-refractivity contribution in [2.45, 2.75) is 20.5 Å². The molecule has 22 heavy (non-hydrogen) atoms. The van der Waals surface area contributed by atoms with E-state index in [9.17, 15) is 4.79 Å². The third kappa shape index (κ3) is 2.85. The fourth-order valence-electron chi connectivity index (χ4n) is 2.16. The van der Waals surface area contributed by atoms with Crippen LogP contribution in [0.2, 0.25) is 0 Å². The standard InChI is InChI=1S/C15H13BrN4O2/c1-8-17-5-12(6-18-8)10-3-11(7-22-9(2)21)14-13(4-10)15(16)20-19-14/h3-6H,7H2,1-2H3,(H,19,20). The molecule has 3 aromatic rings. The summed E-state index contributed by atoms with van der Waals surface area (Å²) in [5.74, 6) is 0.390. The first-order valence-corrected chi connectivity index (χ1v) is 7.43. The summed E-state index contributed by atoms with van der Waals surface area (Å²) in [7, 11) is 0. The number of nitrogens with zero attached hydrogens (tertiary/aromatic N) is 3. The van der Waals surface area contributed by atoms with Gasteiger partial charge in [-0.2, -0.15) is 5.10 Å². The number of carbonyl (C=O) groups is 1. The van der Waals surface area contributed by atoms with Crippen LogP contribution in [-0.2, 0) is 16.1 Å². The summed E-state index contributed by atoms with van der Waals surface area (Å²) in [6, 6.07) is 3.93. The van der Waals surface area contributed by atoms with E-state index in [2.05, 4.69) is 36.1 Å². The maximum Gasteiger partial charge on any atom is 0.302 e. The average Bonchev–Trinajstić information content (AvgIpc) is 2.87. The number of hydrogen-bond donors (Lipinski definition) is 1. The second-order valence-electron chi connectivity index (χ2n) is 4.87. The van der Waals surface area contributed by atoms with Crippen LogP contribution in [0.1, 0.15) is 18.3 Å². The number of aromatic nitrogens is 4. The minimum Gasteiger partial charge on any atom is -0.461 e. The first-order chi connectivity index (χ1) is 10.5. The zero-order valence-corrected chi connectivity index (χ0v) is 13.6. The summed E-state index contributed by atoms with van der Waals surface area (Å²) in [5.41, 5.74) is 3.43. The molecule has 2 aromatic heterocycles. The molecule has 0 radical (unpaired) electrons. The monoisotopic (exact) mass is 360 g/mol. The predicted molar refractivity (Wildman–Crippen MR) is 85.0 cm³/mol. The fourth-order valence-corrected chi connectivity index (χ4v) is 2.55. The van der Waals surface area contributed by atoms with Gasteiger partial charge in [-0.15, -0.1) is 0 Å². The normalized spacial score (nSPS) is 10.9. The molecule has 0 fully saturated rings. The first kappa shape index (κ1) is 14.6. The number of benzene rings is 1. The number of aromatic amines is 1. The summed E-state index contributed by atoms with van der Waals surface area (Å²) in [6.07, 6.45) is 3.54. The van der Waals surface area contributed by atoms with Crippen molar-refractivity contribution in [3.05, 3.63) is 40.5 Å². The Morgan fingerprint density at radius 2 is 2.00 bits per heavy atom. The van der Waals surface area contributed by atoms with E-state index in [0.29, 0.717) is 0 Å². The van der Waals surface area contributed by atoms with Gasteiger partial charge in [-0.25, -0.2) is 9.97 Å². The molecule has 1 N–H and O–H groups in total. The fraction of sp³-hybridized carbons (Fsp3) is 0.200. The van der Waals surface area contributed by atoms with Crippen LogP contribution in [0.15, 0.2) is 29.1 Å². The molecule has 0 aliphatic rings. The highest BCUT2D eigenvalue weighted by atomic mass is 79.9. The van der Waals surface area contributed by atoms with Crippen LogP contribution in [0.3, 0.4) is 0 Å². The minimum absolute atomic E-state index is 0.170. The zero-order valence-electron chi connectivity index (χ0n) is 12.1. The summed E-state index contributed by atoms with van der Waals surface area (Å²) >= 11 is 3.44. The number of ether oxygens (including phenoxy) is 1. The molecule has 1 aromatic carbocycles. The van der Waals surface area contributed by atoms with E-state index < -0.39 is 0 Å². The molecule has 0 amide bonds. The van der Waals surface area contributed by atoms with Crippen molar-refractivity contribution in [2.24, 2.45) is 0 Å². The topological polar surface area (TPSA) is 80.8 Å². The molecule has 0 saturated carbocycles. The lowest BCUT2D eigenvalue weighted by molar-refractivity contribution is -0.142. The van der Waals surface area contributed by atoms with Crippen molar-refractivity contribution in [1.82, 2.24) is 20.2 Å². The maximum atomic E-state index is 11.1. The van der Waals surface area contributed by atoms with E-state index in [1.165, 1.54) is 6.92 Å². The van der Waals surface area contributed by atoms with E-state index in [1.807, 2.05) is 19.1 Å². The number of esters is 1. The predicted octanol–water partition coefficient (Wildman–Crippen LogP) is 3.15. The summed E-state index contributed by atoms with van der Waals surface area (Å²) in [4.78, 5) is 19.5. The Hall–Kier alpha value is -2.28. The van der Waals surface area contributed by atoms with Crippen molar-refractivity contribution < 1.29 is 9.53 Å². The lowest BCUT2D eigenvalue weighted by Crippen LogP contribution is -2.00. The minimum atomic E-state index is -0.327. The Kier molecular flexibility index (Phi) is 3.89. The van der Waals surface area contributed by atoms with Crippen LogP contribution >= 0.6 is 15.9 Å². The van der Waals surface area contributed by atoms with E-state index in [0.717, 1.165) is 38.0 Å². The Morgan fingerprint density at radius 3 is 2.68 bits per heavy atom. The highest BCUT2D eigenvalue weighted by Crippen LogP contribution is 2.30. The molecular weight excluding hydrogens is 348 g/mol. The van der Waals surface area contributed by atoms with Crippen LogP contribution in [0, 0.1) is 6.92 Å². The van der Waals surface area contributed by atoms with Crippen molar-refractivity contribution in [3.8, 4) is 11.1 Å². The largest absolute Gasteiger partial charge is 0.461 e. The average molecular weight is 361 g/mol.